The van der Waals surface area contributed by atoms with Gasteiger partial charge in [0.25, 0.3) is 0 Å². The summed E-state index contributed by atoms with van der Waals surface area (Å²) in [7, 11) is 0. The maximum atomic E-state index is 13.2. The highest BCUT2D eigenvalue weighted by Gasteiger charge is 2.35. The van der Waals surface area contributed by atoms with Crippen molar-refractivity contribution in [1.29, 1.82) is 0 Å². The highest BCUT2D eigenvalue weighted by molar-refractivity contribution is 7.99. The van der Waals surface area contributed by atoms with Crippen LogP contribution in [-0.2, 0) is 16.1 Å². The van der Waals surface area contributed by atoms with Crippen molar-refractivity contribution in [2.24, 2.45) is 0 Å². The average Bonchev–Trinajstić information content (AvgIpc) is 3.25. The van der Waals surface area contributed by atoms with E-state index in [4.69, 9.17) is 32.7 Å². The van der Waals surface area contributed by atoms with Crippen LogP contribution >= 0.6 is 35.0 Å². The molecule has 2 aromatic carbocycles. The molecule has 1 N–H and O–H groups in total. The number of hydrogen-bond donors (Lipinski definition) is 1. The Bertz CT molecular complexity index is 1240. The summed E-state index contributed by atoms with van der Waals surface area (Å²) in [6.45, 7) is 6.58. The molecule has 1 aliphatic heterocycles. The molecule has 4 rings (SSSR count). The van der Waals surface area contributed by atoms with Gasteiger partial charge < -0.3 is 14.8 Å². The van der Waals surface area contributed by atoms with Gasteiger partial charge in [0.1, 0.15) is 18.4 Å². The molecule has 1 aliphatic rings. The van der Waals surface area contributed by atoms with Crippen molar-refractivity contribution in [1.82, 2.24) is 14.8 Å². The van der Waals surface area contributed by atoms with E-state index in [-0.39, 0.29) is 12.6 Å². The topological polar surface area (TPSA) is 78.3 Å². The van der Waals surface area contributed by atoms with Gasteiger partial charge >= 0.3 is 5.97 Å². The summed E-state index contributed by atoms with van der Waals surface area (Å²) in [5, 5.41) is 9.67. The lowest BCUT2D eigenvalue weighted by atomic mass is 9.96. The first-order chi connectivity index (χ1) is 17.4. The zero-order chi connectivity index (χ0) is 25.7. The van der Waals surface area contributed by atoms with Crippen molar-refractivity contribution < 1.29 is 14.3 Å². The van der Waals surface area contributed by atoms with Gasteiger partial charge in [-0.1, -0.05) is 73.4 Å². The zero-order valence-electron chi connectivity index (χ0n) is 20.4. The molecule has 0 aliphatic carbocycles. The lowest BCUT2D eigenvalue weighted by Crippen LogP contribution is -2.29. The third-order valence-corrected chi connectivity index (χ3v) is 7.13. The molecule has 10 heteroatoms. The number of unbranched alkanes of at least 4 members (excludes halogenated alkanes) is 1. The molecule has 1 aromatic heterocycles. The summed E-state index contributed by atoms with van der Waals surface area (Å²) < 4.78 is 13.3. The van der Waals surface area contributed by atoms with Gasteiger partial charge in [0, 0.05) is 21.3 Å². The Labute approximate surface area is 225 Å². The molecule has 0 amide bonds. The van der Waals surface area contributed by atoms with Crippen LogP contribution in [0.3, 0.4) is 0 Å². The largest absolute Gasteiger partial charge is 0.489 e. The van der Waals surface area contributed by atoms with Crippen LogP contribution in [0.5, 0.6) is 5.75 Å². The van der Waals surface area contributed by atoms with E-state index in [1.54, 1.807) is 34.6 Å². The second-order valence-electron chi connectivity index (χ2n) is 8.21. The Balaban J connectivity index is 1.62. The van der Waals surface area contributed by atoms with Crippen LogP contribution < -0.4 is 10.1 Å². The number of thioether (sulfide) groups is 1. The maximum Gasteiger partial charge on any atom is 0.338 e. The summed E-state index contributed by atoms with van der Waals surface area (Å²) in [6, 6.07) is 12.4. The molecule has 1 atom stereocenters. The van der Waals surface area contributed by atoms with Gasteiger partial charge in [-0.3, -0.25) is 0 Å². The van der Waals surface area contributed by atoms with E-state index in [0.29, 0.717) is 44.8 Å². The van der Waals surface area contributed by atoms with Crippen molar-refractivity contribution in [3.05, 3.63) is 74.9 Å². The predicted octanol–water partition coefficient (Wildman–Crippen LogP) is 6.91. The van der Waals surface area contributed by atoms with Gasteiger partial charge in [-0.2, -0.15) is 4.98 Å². The molecule has 0 fully saturated rings. The molecule has 2 heterocycles. The molecule has 190 valence electrons. The van der Waals surface area contributed by atoms with Gasteiger partial charge in [-0.05, 0) is 48.9 Å². The number of anilines is 1. The molecular weight excluding hydrogens is 519 g/mol. The number of rotatable bonds is 10. The van der Waals surface area contributed by atoms with Gasteiger partial charge in [-0.15, -0.1) is 5.10 Å². The highest BCUT2D eigenvalue weighted by atomic mass is 35.5. The van der Waals surface area contributed by atoms with Crippen molar-refractivity contribution >= 4 is 46.9 Å². The number of hydrogen-bond acceptors (Lipinski definition) is 7. The monoisotopic (exact) mass is 546 g/mol. The second kappa shape index (κ2) is 12.0. The number of halogens is 2. The number of carbonyl (C=O) groups is 1. The van der Waals surface area contributed by atoms with Gasteiger partial charge in [0.05, 0.1) is 12.2 Å². The fraction of sp³-hybridized carbons (Fsp3) is 0.346. The SMILES string of the molecule is CCCCOC(=O)C1=C(C)Nc2nc(SCC)nn2C1c1ccc(OCc2c(Cl)cccc2Cl)cc1. The Morgan fingerprint density at radius 1 is 1.14 bits per heavy atom. The summed E-state index contributed by atoms with van der Waals surface area (Å²) >= 11 is 14.1. The normalized spacial score (nSPS) is 14.9. The molecule has 1 unspecified atom stereocenters. The first-order valence-electron chi connectivity index (χ1n) is 11.8. The minimum atomic E-state index is -0.485. The van der Waals surface area contributed by atoms with Crippen molar-refractivity contribution in [2.45, 2.75) is 51.4 Å². The smallest absolute Gasteiger partial charge is 0.338 e. The Morgan fingerprint density at radius 2 is 1.86 bits per heavy atom. The summed E-state index contributed by atoms with van der Waals surface area (Å²) in [5.41, 5.74) is 2.80. The van der Waals surface area contributed by atoms with Gasteiger partial charge in [0.2, 0.25) is 11.1 Å². The third kappa shape index (κ3) is 5.82. The van der Waals surface area contributed by atoms with E-state index in [1.165, 1.54) is 0 Å². The summed E-state index contributed by atoms with van der Waals surface area (Å²) in [4.78, 5) is 17.8. The quantitative estimate of drug-likeness (QED) is 0.168. The minimum Gasteiger partial charge on any atom is -0.489 e. The molecule has 3 aromatic rings. The maximum absolute atomic E-state index is 13.2. The number of fused-ring (bicyclic) bond motifs is 1. The number of carbonyl (C=O) groups excluding carboxylic acids is 1. The standard InChI is InChI=1S/C26H28Cl2N4O3S/c1-4-6-14-34-24(33)22-16(3)29-25-30-26(36-5-2)31-32(25)23(22)17-10-12-18(13-11-17)35-15-19-20(27)8-7-9-21(19)28/h7-13,23H,4-6,14-15H2,1-3H3,(H,29,30,31). The molecular formula is C26H28Cl2N4O3S. The Hall–Kier alpha value is -2.68. The molecule has 0 saturated heterocycles. The van der Waals surface area contributed by atoms with Crippen LogP contribution in [0.25, 0.3) is 0 Å². The van der Waals surface area contributed by atoms with Crippen LogP contribution in [0, 0.1) is 0 Å². The van der Waals surface area contributed by atoms with Crippen LogP contribution in [-0.4, -0.2) is 33.1 Å². The lowest BCUT2D eigenvalue weighted by molar-refractivity contribution is -0.139. The Kier molecular flexibility index (Phi) is 8.82. The van der Waals surface area contributed by atoms with Crippen LogP contribution in [0.4, 0.5) is 5.95 Å². The number of allylic oxidation sites excluding steroid dienone is 1. The fourth-order valence-electron chi connectivity index (χ4n) is 3.85. The van der Waals surface area contributed by atoms with E-state index in [0.717, 1.165) is 29.7 Å². The zero-order valence-corrected chi connectivity index (χ0v) is 22.7. The Morgan fingerprint density at radius 3 is 2.53 bits per heavy atom. The molecule has 7 nitrogen and oxygen atoms in total. The number of esters is 1. The lowest BCUT2D eigenvalue weighted by Gasteiger charge is -2.28. The molecule has 0 saturated carbocycles. The fourth-order valence-corrected chi connectivity index (χ4v) is 4.91. The highest BCUT2D eigenvalue weighted by Crippen LogP contribution is 2.37. The van der Waals surface area contributed by atoms with E-state index in [2.05, 4.69) is 22.3 Å². The number of benzene rings is 2. The molecule has 0 radical (unpaired) electrons. The van der Waals surface area contributed by atoms with Crippen molar-refractivity contribution in [2.75, 3.05) is 17.7 Å². The third-order valence-electron chi connectivity index (χ3n) is 5.70. The number of nitrogens with one attached hydrogen (secondary N) is 1. The van der Waals surface area contributed by atoms with E-state index < -0.39 is 6.04 Å². The number of aromatic nitrogens is 3. The van der Waals surface area contributed by atoms with Crippen LogP contribution in [0.15, 0.2) is 58.9 Å². The van der Waals surface area contributed by atoms with E-state index in [9.17, 15) is 4.79 Å². The van der Waals surface area contributed by atoms with Gasteiger partial charge in [-0.25, -0.2) is 9.48 Å². The first-order valence-corrected chi connectivity index (χ1v) is 13.6. The minimum absolute atomic E-state index is 0.240. The first kappa shape index (κ1) is 26.4. The van der Waals surface area contributed by atoms with Gasteiger partial charge in [0.15, 0.2) is 0 Å². The second-order valence-corrected chi connectivity index (χ2v) is 10.3. The van der Waals surface area contributed by atoms with E-state index >= 15 is 0 Å². The van der Waals surface area contributed by atoms with Crippen LogP contribution in [0.1, 0.15) is 50.8 Å². The van der Waals surface area contributed by atoms with Crippen molar-refractivity contribution in [3.8, 4) is 5.75 Å². The molecule has 0 bridgehead atoms. The average molecular weight is 548 g/mol. The molecule has 36 heavy (non-hydrogen) atoms. The van der Waals surface area contributed by atoms with Crippen LogP contribution in [0.2, 0.25) is 10.0 Å². The molecule has 0 spiro atoms. The summed E-state index contributed by atoms with van der Waals surface area (Å²) in [5.74, 6) is 1.72. The summed E-state index contributed by atoms with van der Waals surface area (Å²) in [6.07, 6.45) is 1.75. The number of nitrogens with zero attached hydrogens (tertiary/aromatic N) is 3. The number of ether oxygens (including phenoxy) is 2. The predicted molar refractivity (Wildman–Crippen MR) is 144 cm³/mol. The van der Waals surface area contributed by atoms with E-state index in [1.807, 2.05) is 38.1 Å². The van der Waals surface area contributed by atoms with Crippen molar-refractivity contribution in [3.63, 3.8) is 0 Å².